The second-order valence-corrected chi connectivity index (χ2v) is 4.96. The third-order valence-electron chi connectivity index (χ3n) is 2.37. The quantitative estimate of drug-likeness (QED) is 0.677. The number of phenols is 1. The molecule has 0 amide bonds. The van der Waals surface area contributed by atoms with Crippen molar-refractivity contribution in [3.05, 3.63) is 57.7 Å². The summed E-state index contributed by atoms with van der Waals surface area (Å²) in [7, 11) is 0. The van der Waals surface area contributed by atoms with Crippen molar-refractivity contribution in [3.8, 4) is 11.5 Å². The van der Waals surface area contributed by atoms with E-state index in [4.69, 9.17) is 9.84 Å². The van der Waals surface area contributed by atoms with Gasteiger partial charge < -0.3 is 9.84 Å². The van der Waals surface area contributed by atoms with Crippen LogP contribution < -0.4 is 4.74 Å². The second-order valence-electron chi connectivity index (χ2n) is 3.71. The van der Waals surface area contributed by atoms with Crippen molar-refractivity contribution in [1.29, 1.82) is 0 Å². The summed E-state index contributed by atoms with van der Waals surface area (Å²) in [5.74, 6) is 0.696. The molecular weight excluding hydrogens is 343 g/mol. The van der Waals surface area contributed by atoms with E-state index in [0.29, 0.717) is 11.3 Å². The lowest BCUT2D eigenvalue weighted by Crippen LogP contribution is -2.11. The van der Waals surface area contributed by atoms with Gasteiger partial charge in [0.2, 0.25) is 0 Å². The Morgan fingerprint density at radius 1 is 1.06 bits per heavy atom. The van der Waals surface area contributed by atoms with Crippen LogP contribution in [0, 0.1) is 3.57 Å². The van der Waals surface area contributed by atoms with Gasteiger partial charge in [0.05, 0.1) is 0 Å². The Kier molecular flexibility index (Phi) is 4.19. The van der Waals surface area contributed by atoms with Crippen LogP contribution in [0.15, 0.2) is 48.5 Å². The zero-order valence-electron chi connectivity index (χ0n) is 9.47. The minimum absolute atomic E-state index is 0.00856. The van der Waals surface area contributed by atoms with Crippen molar-refractivity contribution in [1.82, 2.24) is 0 Å². The lowest BCUT2D eigenvalue weighted by Gasteiger charge is -2.05. The number of rotatable bonds is 4. The number of Topliss-reactive ketones (excluding diaryl/α,β-unsaturated/α-hetero) is 1. The zero-order chi connectivity index (χ0) is 13.0. The van der Waals surface area contributed by atoms with Crippen LogP contribution in [-0.2, 0) is 0 Å². The fourth-order valence-corrected chi connectivity index (χ4v) is 1.77. The van der Waals surface area contributed by atoms with Crippen molar-refractivity contribution >= 4 is 28.4 Å². The Morgan fingerprint density at radius 2 is 1.67 bits per heavy atom. The predicted molar refractivity (Wildman–Crippen MR) is 77.1 cm³/mol. The second kappa shape index (κ2) is 5.86. The van der Waals surface area contributed by atoms with Gasteiger partial charge in [-0.05, 0) is 71.1 Å². The molecule has 0 atom stereocenters. The van der Waals surface area contributed by atoms with E-state index in [1.165, 1.54) is 12.1 Å². The molecule has 0 aromatic heterocycles. The van der Waals surface area contributed by atoms with Crippen LogP contribution in [0.4, 0.5) is 0 Å². The van der Waals surface area contributed by atoms with Crippen molar-refractivity contribution in [3.63, 3.8) is 0 Å². The summed E-state index contributed by atoms with van der Waals surface area (Å²) >= 11 is 2.20. The van der Waals surface area contributed by atoms with Gasteiger partial charge in [0.15, 0.2) is 12.4 Å². The number of benzene rings is 2. The van der Waals surface area contributed by atoms with Crippen LogP contribution in [0.5, 0.6) is 11.5 Å². The fraction of sp³-hybridized carbons (Fsp3) is 0.0714. The molecular formula is C14H11IO3. The first-order valence-corrected chi connectivity index (χ1v) is 6.43. The molecule has 3 nitrogen and oxygen atoms in total. The summed E-state index contributed by atoms with van der Waals surface area (Å²) in [4.78, 5) is 11.8. The van der Waals surface area contributed by atoms with E-state index >= 15 is 0 Å². The van der Waals surface area contributed by atoms with E-state index in [1.54, 1.807) is 12.1 Å². The molecule has 0 radical (unpaired) electrons. The smallest absolute Gasteiger partial charge is 0.200 e. The predicted octanol–water partition coefficient (Wildman–Crippen LogP) is 3.26. The maximum atomic E-state index is 11.8. The Hall–Kier alpha value is -1.56. The lowest BCUT2D eigenvalue weighted by atomic mass is 10.1. The van der Waals surface area contributed by atoms with Crippen molar-refractivity contribution in [2.45, 2.75) is 0 Å². The number of carbonyl (C=O) groups is 1. The minimum Gasteiger partial charge on any atom is -0.508 e. The molecule has 2 aromatic rings. The van der Waals surface area contributed by atoms with Crippen molar-refractivity contribution in [2.75, 3.05) is 6.61 Å². The topological polar surface area (TPSA) is 46.5 Å². The number of halogens is 1. The molecule has 0 aliphatic carbocycles. The normalized spacial score (nSPS) is 10.1. The zero-order valence-corrected chi connectivity index (χ0v) is 11.6. The first-order valence-electron chi connectivity index (χ1n) is 5.36. The van der Waals surface area contributed by atoms with Gasteiger partial charge in [0.1, 0.15) is 11.5 Å². The van der Waals surface area contributed by atoms with Gasteiger partial charge in [0.25, 0.3) is 0 Å². The number of carbonyl (C=O) groups excluding carboxylic acids is 1. The average Bonchev–Trinajstić information content (AvgIpc) is 2.38. The van der Waals surface area contributed by atoms with E-state index < -0.39 is 0 Å². The standard InChI is InChI=1S/C14H11IO3/c15-11-3-7-13(8-4-11)18-9-14(17)10-1-5-12(16)6-2-10/h1-8,16H,9H2. The third kappa shape index (κ3) is 3.46. The highest BCUT2D eigenvalue weighted by molar-refractivity contribution is 14.1. The molecule has 1 N–H and O–H groups in total. The molecule has 4 heteroatoms. The van der Waals surface area contributed by atoms with E-state index in [9.17, 15) is 4.79 Å². The SMILES string of the molecule is O=C(COc1ccc(I)cc1)c1ccc(O)cc1. The summed E-state index contributed by atoms with van der Waals surface area (Å²) < 4.78 is 6.51. The molecule has 2 rings (SSSR count). The summed E-state index contributed by atoms with van der Waals surface area (Å²) in [5, 5.41) is 9.13. The number of phenolic OH excluding ortho intramolecular Hbond substituents is 1. The molecule has 0 fully saturated rings. The Morgan fingerprint density at radius 3 is 2.28 bits per heavy atom. The highest BCUT2D eigenvalue weighted by Gasteiger charge is 2.06. The molecule has 0 saturated carbocycles. The van der Waals surface area contributed by atoms with Crippen LogP contribution in [0.3, 0.4) is 0 Å². The van der Waals surface area contributed by atoms with E-state index in [2.05, 4.69) is 22.6 Å². The number of aromatic hydroxyl groups is 1. The highest BCUT2D eigenvalue weighted by Crippen LogP contribution is 2.14. The Labute approximate surface area is 119 Å². The van der Waals surface area contributed by atoms with Gasteiger partial charge in [-0.2, -0.15) is 0 Å². The molecule has 0 aliphatic heterocycles. The van der Waals surface area contributed by atoms with Crippen LogP contribution in [0.25, 0.3) is 0 Å². The van der Waals surface area contributed by atoms with Gasteiger partial charge in [-0.1, -0.05) is 0 Å². The van der Waals surface area contributed by atoms with E-state index in [-0.39, 0.29) is 18.1 Å². The van der Waals surface area contributed by atoms with Crippen molar-refractivity contribution < 1.29 is 14.6 Å². The Bertz CT molecular complexity index is 532. The molecule has 0 aliphatic rings. The van der Waals surface area contributed by atoms with Crippen LogP contribution in [0.2, 0.25) is 0 Å². The molecule has 18 heavy (non-hydrogen) atoms. The van der Waals surface area contributed by atoms with E-state index in [0.717, 1.165) is 3.57 Å². The first kappa shape index (κ1) is 12.9. The summed E-state index contributed by atoms with van der Waals surface area (Å²) in [6.07, 6.45) is 0. The highest BCUT2D eigenvalue weighted by atomic mass is 127. The number of hydrogen-bond donors (Lipinski definition) is 1. The van der Waals surface area contributed by atoms with Crippen LogP contribution in [0.1, 0.15) is 10.4 Å². The van der Waals surface area contributed by atoms with Gasteiger partial charge in [0, 0.05) is 9.13 Å². The molecule has 0 heterocycles. The summed E-state index contributed by atoms with van der Waals surface area (Å²) in [6.45, 7) is -0.00856. The monoisotopic (exact) mass is 354 g/mol. The molecule has 0 spiro atoms. The Balaban J connectivity index is 1.96. The van der Waals surface area contributed by atoms with Crippen LogP contribution >= 0.6 is 22.6 Å². The molecule has 0 saturated heterocycles. The van der Waals surface area contributed by atoms with Gasteiger partial charge in [-0.15, -0.1) is 0 Å². The molecule has 92 valence electrons. The van der Waals surface area contributed by atoms with Gasteiger partial charge in [-0.3, -0.25) is 4.79 Å². The molecule has 0 bridgehead atoms. The number of ketones is 1. The van der Waals surface area contributed by atoms with E-state index in [1.807, 2.05) is 24.3 Å². The first-order chi connectivity index (χ1) is 8.65. The maximum Gasteiger partial charge on any atom is 0.200 e. The van der Waals surface area contributed by atoms with Gasteiger partial charge in [-0.25, -0.2) is 0 Å². The largest absolute Gasteiger partial charge is 0.508 e. The minimum atomic E-state index is -0.117. The average molecular weight is 354 g/mol. The lowest BCUT2D eigenvalue weighted by molar-refractivity contribution is 0.0921. The fourth-order valence-electron chi connectivity index (χ4n) is 1.41. The maximum absolute atomic E-state index is 11.8. The summed E-state index contributed by atoms with van der Waals surface area (Å²) in [5.41, 5.74) is 0.526. The number of ether oxygens (including phenoxy) is 1. The molecule has 2 aromatic carbocycles. The van der Waals surface area contributed by atoms with Gasteiger partial charge >= 0.3 is 0 Å². The summed E-state index contributed by atoms with van der Waals surface area (Å²) in [6, 6.07) is 13.6. The van der Waals surface area contributed by atoms with Crippen molar-refractivity contribution in [2.24, 2.45) is 0 Å². The third-order valence-corrected chi connectivity index (χ3v) is 3.09. The number of hydrogen-bond acceptors (Lipinski definition) is 3. The van der Waals surface area contributed by atoms with Crippen LogP contribution in [-0.4, -0.2) is 17.5 Å². The molecule has 0 unspecified atom stereocenters.